The molecule has 2 rings (SSSR count). The number of nitrogens with one attached hydrogen (secondary N) is 1. The first kappa shape index (κ1) is 16.9. The van der Waals surface area contributed by atoms with Crippen molar-refractivity contribution in [1.29, 1.82) is 0 Å². The number of para-hydroxylation sites is 1. The van der Waals surface area contributed by atoms with Gasteiger partial charge >= 0.3 is 0 Å². The third-order valence-corrected chi connectivity index (χ3v) is 3.45. The third-order valence-electron chi connectivity index (χ3n) is 3.45. The minimum absolute atomic E-state index is 0.194. The number of nitrogens with zero attached hydrogens (tertiary/aromatic N) is 2. The minimum Gasteiger partial charge on any atom is -0.350 e. The Morgan fingerprint density at radius 2 is 2.13 bits per heavy atom. The Morgan fingerprint density at radius 3 is 2.78 bits per heavy atom. The van der Waals surface area contributed by atoms with Crippen LogP contribution in [0.3, 0.4) is 0 Å². The van der Waals surface area contributed by atoms with E-state index in [4.69, 9.17) is 10.7 Å². The van der Waals surface area contributed by atoms with Gasteiger partial charge in [0.15, 0.2) is 0 Å². The number of hydrogen-bond acceptors (Lipinski definition) is 4. The summed E-state index contributed by atoms with van der Waals surface area (Å²) in [5.74, 6) is 5.24. The van der Waals surface area contributed by atoms with Crippen LogP contribution in [0, 0.1) is 5.92 Å². The molecule has 2 aromatic rings. The van der Waals surface area contributed by atoms with Crippen molar-refractivity contribution in [2.45, 2.75) is 20.0 Å². The summed E-state index contributed by atoms with van der Waals surface area (Å²) in [6, 6.07) is 9.78. The first-order valence-corrected chi connectivity index (χ1v) is 7.51. The highest BCUT2D eigenvalue weighted by atomic mass is 16.6. The van der Waals surface area contributed by atoms with E-state index in [9.17, 15) is 4.79 Å². The van der Waals surface area contributed by atoms with Crippen molar-refractivity contribution in [1.82, 2.24) is 15.1 Å². The molecule has 0 fully saturated rings. The molecule has 0 saturated carbocycles. The van der Waals surface area contributed by atoms with E-state index in [1.807, 2.05) is 50.4 Å². The summed E-state index contributed by atoms with van der Waals surface area (Å²) in [5.41, 5.74) is 1.82. The highest BCUT2D eigenvalue weighted by Crippen LogP contribution is 2.08. The Bertz CT molecular complexity index is 650. The van der Waals surface area contributed by atoms with E-state index in [0.717, 1.165) is 11.3 Å². The lowest BCUT2D eigenvalue weighted by atomic mass is 10.1. The summed E-state index contributed by atoms with van der Waals surface area (Å²) in [6.45, 7) is 4.34. The molecular weight excluding hydrogens is 292 g/mol. The van der Waals surface area contributed by atoms with Crippen molar-refractivity contribution in [3.8, 4) is 5.69 Å². The van der Waals surface area contributed by atoms with Crippen LogP contribution in [0.15, 0.2) is 48.8 Å². The molecule has 1 unspecified atom stereocenters. The van der Waals surface area contributed by atoms with Crippen LogP contribution in [-0.4, -0.2) is 28.3 Å². The fourth-order valence-corrected chi connectivity index (χ4v) is 2.02. The van der Waals surface area contributed by atoms with Gasteiger partial charge in [-0.2, -0.15) is 5.10 Å². The number of nitrogens with two attached hydrogens (primary N) is 1. The Labute approximate surface area is 135 Å². The van der Waals surface area contributed by atoms with Gasteiger partial charge in [0.25, 0.3) is 0 Å². The van der Waals surface area contributed by atoms with Crippen molar-refractivity contribution in [2.75, 3.05) is 6.54 Å². The molecule has 0 aliphatic carbocycles. The van der Waals surface area contributed by atoms with Crippen LogP contribution in [0.2, 0.25) is 0 Å². The lowest BCUT2D eigenvalue weighted by Crippen LogP contribution is -2.37. The molecule has 1 heterocycles. The number of carbonyl (C=O) groups is 1. The molecule has 3 N–H and O–H groups in total. The molecule has 0 aliphatic heterocycles. The summed E-state index contributed by atoms with van der Waals surface area (Å²) < 4.78 is 1.76. The van der Waals surface area contributed by atoms with E-state index in [1.54, 1.807) is 17.0 Å². The van der Waals surface area contributed by atoms with E-state index in [0.29, 0.717) is 6.54 Å². The third kappa shape index (κ3) is 5.05. The fourth-order valence-electron chi connectivity index (χ4n) is 2.02. The summed E-state index contributed by atoms with van der Waals surface area (Å²) in [5, 5.41) is 7.04. The molecule has 0 radical (unpaired) electrons. The second-order valence-electron chi connectivity index (χ2n) is 5.55. The molecule has 0 aliphatic rings. The lowest BCUT2D eigenvalue weighted by molar-refractivity contribution is -0.117. The summed E-state index contributed by atoms with van der Waals surface area (Å²) in [6.07, 6.45) is 6.55. The Morgan fingerprint density at radius 1 is 1.39 bits per heavy atom. The van der Waals surface area contributed by atoms with E-state index in [-0.39, 0.29) is 17.9 Å². The van der Waals surface area contributed by atoms with Crippen molar-refractivity contribution in [3.05, 3.63) is 54.4 Å². The number of amides is 1. The lowest BCUT2D eigenvalue weighted by Gasteiger charge is -2.17. The molecule has 6 heteroatoms. The van der Waals surface area contributed by atoms with E-state index in [1.165, 1.54) is 6.08 Å². The highest BCUT2D eigenvalue weighted by Gasteiger charge is 2.13. The first-order chi connectivity index (χ1) is 11.1. The van der Waals surface area contributed by atoms with Crippen molar-refractivity contribution < 1.29 is 9.63 Å². The number of benzene rings is 1. The molecule has 122 valence electrons. The molecule has 1 amide bonds. The predicted octanol–water partition coefficient (Wildman–Crippen LogP) is 1.92. The largest absolute Gasteiger partial charge is 0.350 e. The van der Waals surface area contributed by atoms with Crippen LogP contribution >= 0.6 is 0 Å². The monoisotopic (exact) mass is 314 g/mol. The molecule has 0 saturated heterocycles. The van der Waals surface area contributed by atoms with Crippen LogP contribution in [0.5, 0.6) is 0 Å². The van der Waals surface area contributed by atoms with Crippen molar-refractivity contribution in [3.63, 3.8) is 0 Å². The standard InChI is InChI=1S/C17H22N4O2/c1-13(2)16(23-18)11-19-17(22)9-8-14-10-20-21(12-14)15-6-4-3-5-7-15/h3-10,12-13,16H,11,18H2,1-2H3,(H,19,22)/b9-8+. The Hall–Kier alpha value is -2.44. The summed E-state index contributed by atoms with van der Waals surface area (Å²) in [4.78, 5) is 16.6. The smallest absolute Gasteiger partial charge is 0.244 e. The summed E-state index contributed by atoms with van der Waals surface area (Å²) >= 11 is 0. The van der Waals surface area contributed by atoms with Gasteiger partial charge in [0, 0.05) is 24.4 Å². The van der Waals surface area contributed by atoms with Crippen LogP contribution in [0.1, 0.15) is 19.4 Å². The normalized spacial score (nSPS) is 12.7. The Kier molecular flexibility index (Phi) is 6.08. The van der Waals surface area contributed by atoms with Gasteiger partial charge in [-0.05, 0) is 24.1 Å². The SMILES string of the molecule is CC(C)C(CNC(=O)/C=C/c1cnn(-c2ccccc2)c1)ON. The number of rotatable bonds is 7. The van der Waals surface area contributed by atoms with E-state index in [2.05, 4.69) is 10.4 Å². The van der Waals surface area contributed by atoms with Gasteiger partial charge < -0.3 is 5.32 Å². The van der Waals surface area contributed by atoms with Gasteiger partial charge in [-0.25, -0.2) is 10.6 Å². The van der Waals surface area contributed by atoms with Crippen LogP contribution < -0.4 is 11.2 Å². The first-order valence-electron chi connectivity index (χ1n) is 7.51. The highest BCUT2D eigenvalue weighted by molar-refractivity contribution is 5.91. The molecule has 0 bridgehead atoms. The van der Waals surface area contributed by atoms with Crippen molar-refractivity contribution >= 4 is 12.0 Å². The molecule has 6 nitrogen and oxygen atoms in total. The summed E-state index contributed by atoms with van der Waals surface area (Å²) in [7, 11) is 0. The molecule has 1 atom stereocenters. The molecule has 0 spiro atoms. The average molecular weight is 314 g/mol. The average Bonchev–Trinajstić information content (AvgIpc) is 3.03. The predicted molar refractivity (Wildman–Crippen MR) is 89.5 cm³/mol. The van der Waals surface area contributed by atoms with Gasteiger partial charge in [-0.3, -0.25) is 9.63 Å². The van der Waals surface area contributed by atoms with E-state index >= 15 is 0 Å². The maximum Gasteiger partial charge on any atom is 0.244 e. The minimum atomic E-state index is -0.201. The van der Waals surface area contributed by atoms with Gasteiger partial charge in [0.2, 0.25) is 5.91 Å². The van der Waals surface area contributed by atoms with Gasteiger partial charge in [-0.1, -0.05) is 32.0 Å². The maximum atomic E-state index is 11.8. The number of carbonyl (C=O) groups excluding carboxylic acids is 1. The second kappa shape index (κ2) is 8.26. The molecule has 1 aromatic heterocycles. The quantitative estimate of drug-likeness (QED) is 0.604. The van der Waals surface area contributed by atoms with Crippen LogP contribution in [0.4, 0.5) is 0 Å². The topological polar surface area (TPSA) is 82.2 Å². The zero-order valence-electron chi connectivity index (χ0n) is 13.3. The Balaban J connectivity index is 1.90. The van der Waals surface area contributed by atoms with Crippen LogP contribution in [-0.2, 0) is 9.63 Å². The fraction of sp³-hybridized carbons (Fsp3) is 0.294. The van der Waals surface area contributed by atoms with Gasteiger partial charge in [-0.15, -0.1) is 0 Å². The van der Waals surface area contributed by atoms with Crippen molar-refractivity contribution in [2.24, 2.45) is 11.8 Å². The van der Waals surface area contributed by atoms with Crippen LogP contribution in [0.25, 0.3) is 11.8 Å². The number of aromatic nitrogens is 2. The van der Waals surface area contributed by atoms with Gasteiger partial charge in [0.1, 0.15) is 0 Å². The maximum absolute atomic E-state index is 11.8. The van der Waals surface area contributed by atoms with E-state index < -0.39 is 0 Å². The molecule has 23 heavy (non-hydrogen) atoms. The number of hydrogen-bond donors (Lipinski definition) is 2. The second-order valence-corrected chi connectivity index (χ2v) is 5.55. The zero-order valence-corrected chi connectivity index (χ0v) is 13.3. The zero-order chi connectivity index (χ0) is 16.7. The molecular formula is C17H22N4O2. The molecule has 1 aromatic carbocycles. The van der Waals surface area contributed by atoms with Gasteiger partial charge in [0.05, 0.1) is 18.0 Å².